The predicted molar refractivity (Wildman–Crippen MR) is 129 cm³/mol. The predicted octanol–water partition coefficient (Wildman–Crippen LogP) is 3.93. The normalized spacial score (nSPS) is 14.0. The van der Waals surface area contributed by atoms with Gasteiger partial charge in [0.15, 0.2) is 5.69 Å². The molecule has 33 heavy (non-hydrogen) atoms. The second kappa shape index (κ2) is 8.57. The molecule has 0 saturated carbocycles. The van der Waals surface area contributed by atoms with E-state index in [0.29, 0.717) is 5.89 Å². The first-order valence-electron chi connectivity index (χ1n) is 11.1. The number of anilines is 3. The standard InChI is InChI=1S/C24H27N7O2/c1-29(2)22-12-16(7-8-25-22)24-27-20(15-33-24)23(32)26-19-11-17-14-30(3)28-18(17)13-21(19)31-9-5-4-6-10-31/h7-8,11-15H,4-6,9-10H2,1-3H3,(H,26,32). The number of hydrogen-bond acceptors (Lipinski definition) is 7. The number of oxazole rings is 1. The molecule has 1 aliphatic heterocycles. The Balaban J connectivity index is 1.44. The molecule has 1 aliphatic rings. The Morgan fingerprint density at radius 1 is 1.15 bits per heavy atom. The zero-order valence-electron chi connectivity index (χ0n) is 19.1. The van der Waals surface area contributed by atoms with Gasteiger partial charge in [0, 0.05) is 57.6 Å². The number of piperidine rings is 1. The summed E-state index contributed by atoms with van der Waals surface area (Å²) in [5.74, 6) is 0.852. The van der Waals surface area contributed by atoms with Crippen LogP contribution in [0.2, 0.25) is 0 Å². The molecular weight excluding hydrogens is 418 g/mol. The van der Waals surface area contributed by atoms with E-state index in [4.69, 9.17) is 4.42 Å². The molecule has 1 saturated heterocycles. The highest BCUT2D eigenvalue weighted by molar-refractivity contribution is 6.06. The summed E-state index contributed by atoms with van der Waals surface area (Å²) in [6.07, 6.45) is 8.55. The maximum absolute atomic E-state index is 13.1. The van der Waals surface area contributed by atoms with Gasteiger partial charge in [-0.25, -0.2) is 9.97 Å². The van der Waals surface area contributed by atoms with Crippen molar-refractivity contribution in [3.8, 4) is 11.5 Å². The molecular formula is C24H27N7O2. The van der Waals surface area contributed by atoms with Crippen LogP contribution in [0.1, 0.15) is 29.8 Å². The van der Waals surface area contributed by atoms with Crippen molar-refractivity contribution in [3.63, 3.8) is 0 Å². The fraction of sp³-hybridized carbons (Fsp3) is 0.333. The Morgan fingerprint density at radius 3 is 2.76 bits per heavy atom. The molecule has 0 atom stereocenters. The van der Waals surface area contributed by atoms with E-state index in [0.717, 1.165) is 59.6 Å². The van der Waals surface area contributed by atoms with Gasteiger partial charge in [-0.05, 0) is 43.5 Å². The number of amides is 1. The molecule has 5 rings (SSSR count). The van der Waals surface area contributed by atoms with Crippen molar-refractivity contribution >= 4 is 34.0 Å². The number of hydrogen-bond donors (Lipinski definition) is 1. The number of carbonyl (C=O) groups excluding carboxylic acids is 1. The van der Waals surface area contributed by atoms with Gasteiger partial charge >= 0.3 is 0 Å². The van der Waals surface area contributed by atoms with E-state index in [1.165, 1.54) is 12.7 Å². The van der Waals surface area contributed by atoms with Crippen LogP contribution >= 0.6 is 0 Å². The van der Waals surface area contributed by atoms with Crippen LogP contribution in [0, 0.1) is 0 Å². The van der Waals surface area contributed by atoms with E-state index in [1.54, 1.807) is 10.9 Å². The van der Waals surface area contributed by atoms with Gasteiger partial charge in [0.05, 0.1) is 16.9 Å². The molecule has 0 bridgehead atoms. The molecule has 1 fully saturated rings. The summed E-state index contributed by atoms with van der Waals surface area (Å²) in [6, 6.07) is 7.73. The van der Waals surface area contributed by atoms with Gasteiger partial charge in [0.25, 0.3) is 5.91 Å². The van der Waals surface area contributed by atoms with Crippen LogP contribution in [-0.4, -0.2) is 52.8 Å². The number of pyridine rings is 1. The first-order valence-corrected chi connectivity index (χ1v) is 11.1. The molecule has 4 heterocycles. The average Bonchev–Trinajstić information content (AvgIpc) is 3.45. The Labute approximate surface area is 192 Å². The fourth-order valence-corrected chi connectivity index (χ4v) is 4.17. The summed E-state index contributed by atoms with van der Waals surface area (Å²) in [5, 5.41) is 8.58. The van der Waals surface area contributed by atoms with Gasteiger partial charge in [0.1, 0.15) is 12.1 Å². The largest absolute Gasteiger partial charge is 0.444 e. The minimum absolute atomic E-state index is 0.226. The molecule has 0 spiro atoms. The highest BCUT2D eigenvalue weighted by Gasteiger charge is 2.20. The van der Waals surface area contributed by atoms with Gasteiger partial charge in [-0.3, -0.25) is 9.48 Å². The highest BCUT2D eigenvalue weighted by Crippen LogP contribution is 2.33. The van der Waals surface area contributed by atoms with Crippen molar-refractivity contribution in [2.24, 2.45) is 7.05 Å². The lowest BCUT2D eigenvalue weighted by atomic mass is 10.1. The lowest BCUT2D eigenvalue weighted by Gasteiger charge is -2.30. The third kappa shape index (κ3) is 4.26. The van der Waals surface area contributed by atoms with Crippen molar-refractivity contribution < 1.29 is 9.21 Å². The first kappa shape index (κ1) is 21.0. The highest BCUT2D eigenvalue weighted by atomic mass is 16.3. The lowest BCUT2D eigenvalue weighted by molar-refractivity contribution is 0.102. The second-order valence-corrected chi connectivity index (χ2v) is 8.57. The number of carbonyl (C=O) groups is 1. The molecule has 9 heteroatoms. The van der Waals surface area contributed by atoms with Crippen molar-refractivity contribution in [3.05, 3.63) is 48.6 Å². The Hall–Kier alpha value is -3.88. The molecule has 0 radical (unpaired) electrons. The maximum Gasteiger partial charge on any atom is 0.277 e. The molecule has 1 N–H and O–H groups in total. The second-order valence-electron chi connectivity index (χ2n) is 8.57. The number of nitrogens with zero attached hydrogens (tertiary/aromatic N) is 6. The Morgan fingerprint density at radius 2 is 1.97 bits per heavy atom. The van der Waals surface area contributed by atoms with Crippen LogP contribution < -0.4 is 15.1 Å². The number of aromatic nitrogens is 4. The monoisotopic (exact) mass is 445 g/mol. The molecule has 0 unspecified atom stereocenters. The molecule has 3 aromatic heterocycles. The van der Waals surface area contributed by atoms with Crippen LogP contribution in [0.25, 0.3) is 22.4 Å². The summed E-state index contributed by atoms with van der Waals surface area (Å²) in [6.45, 7) is 1.93. The summed E-state index contributed by atoms with van der Waals surface area (Å²) < 4.78 is 7.41. The first-order chi connectivity index (χ1) is 16.0. The van der Waals surface area contributed by atoms with Crippen LogP contribution in [0.5, 0.6) is 0 Å². The van der Waals surface area contributed by atoms with Crippen molar-refractivity contribution in [1.29, 1.82) is 0 Å². The van der Waals surface area contributed by atoms with Crippen molar-refractivity contribution in [1.82, 2.24) is 19.7 Å². The van der Waals surface area contributed by atoms with Crippen LogP contribution in [0.3, 0.4) is 0 Å². The van der Waals surface area contributed by atoms with Gasteiger partial charge in [0.2, 0.25) is 5.89 Å². The fourth-order valence-electron chi connectivity index (χ4n) is 4.17. The summed E-state index contributed by atoms with van der Waals surface area (Å²) in [5.41, 5.74) is 3.64. The molecule has 1 aromatic carbocycles. The summed E-state index contributed by atoms with van der Waals surface area (Å²) >= 11 is 0. The zero-order chi connectivity index (χ0) is 22.9. The third-order valence-corrected chi connectivity index (χ3v) is 5.87. The van der Waals surface area contributed by atoms with Crippen LogP contribution in [0.15, 0.2) is 47.3 Å². The van der Waals surface area contributed by atoms with E-state index in [9.17, 15) is 4.79 Å². The lowest BCUT2D eigenvalue weighted by Crippen LogP contribution is -2.30. The maximum atomic E-state index is 13.1. The van der Waals surface area contributed by atoms with Crippen molar-refractivity contribution in [2.45, 2.75) is 19.3 Å². The quantitative estimate of drug-likeness (QED) is 0.497. The van der Waals surface area contributed by atoms with E-state index >= 15 is 0 Å². The molecule has 0 aliphatic carbocycles. The van der Waals surface area contributed by atoms with Gasteiger partial charge in [-0.1, -0.05) is 0 Å². The van der Waals surface area contributed by atoms with E-state index in [2.05, 4.69) is 31.3 Å². The Bertz CT molecular complexity index is 1300. The molecule has 170 valence electrons. The van der Waals surface area contributed by atoms with Gasteiger partial charge < -0.3 is 19.5 Å². The summed E-state index contributed by atoms with van der Waals surface area (Å²) in [4.78, 5) is 26.1. The molecule has 4 aromatic rings. The third-order valence-electron chi connectivity index (χ3n) is 5.87. The SMILES string of the molecule is CN(C)c1cc(-c2nc(C(=O)Nc3cc4cn(C)nc4cc3N3CCCCC3)co2)ccn1. The summed E-state index contributed by atoms with van der Waals surface area (Å²) in [7, 11) is 5.73. The topological polar surface area (TPSA) is 92.3 Å². The minimum atomic E-state index is -0.312. The molecule has 9 nitrogen and oxygen atoms in total. The zero-order valence-corrected chi connectivity index (χ0v) is 19.1. The smallest absolute Gasteiger partial charge is 0.277 e. The number of benzene rings is 1. The van der Waals surface area contributed by atoms with Crippen LogP contribution in [0.4, 0.5) is 17.2 Å². The van der Waals surface area contributed by atoms with Crippen molar-refractivity contribution in [2.75, 3.05) is 42.3 Å². The molecule has 1 amide bonds. The number of fused-ring (bicyclic) bond motifs is 1. The van der Waals surface area contributed by atoms with Gasteiger partial charge in [-0.2, -0.15) is 5.10 Å². The van der Waals surface area contributed by atoms with Crippen LogP contribution in [-0.2, 0) is 7.05 Å². The number of nitrogens with one attached hydrogen (secondary N) is 1. The minimum Gasteiger partial charge on any atom is -0.444 e. The average molecular weight is 446 g/mol. The Kier molecular flexibility index (Phi) is 5.45. The number of rotatable bonds is 5. The van der Waals surface area contributed by atoms with E-state index < -0.39 is 0 Å². The van der Waals surface area contributed by atoms with Gasteiger partial charge in [-0.15, -0.1) is 0 Å². The van der Waals surface area contributed by atoms with E-state index in [1.807, 2.05) is 50.4 Å². The number of aryl methyl sites for hydroxylation is 1. The van der Waals surface area contributed by atoms with E-state index in [-0.39, 0.29) is 11.6 Å².